The molecule has 19 heavy (non-hydrogen) atoms. The molecule has 1 aliphatic rings. The lowest BCUT2D eigenvalue weighted by atomic mass is 9.82. The van der Waals surface area contributed by atoms with Crippen molar-refractivity contribution in [3.8, 4) is 0 Å². The number of hydrogen-bond donors (Lipinski definition) is 0. The fourth-order valence-electron chi connectivity index (χ4n) is 2.16. The molecule has 0 radical (unpaired) electrons. The lowest BCUT2D eigenvalue weighted by Gasteiger charge is -2.29. The number of nitro groups is 1. The van der Waals surface area contributed by atoms with E-state index in [0.717, 1.165) is 19.1 Å². The van der Waals surface area contributed by atoms with E-state index in [1.165, 1.54) is 12.1 Å². The fourth-order valence-corrected chi connectivity index (χ4v) is 2.16. The summed E-state index contributed by atoms with van der Waals surface area (Å²) >= 11 is 0. The summed E-state index contributed by atoms with van der Waals surface area (Å²) in [4.78, 5) is 21.6. The van der Waals surface area contributed by atoms with Gasteiger partial charge in [0.15, 0.2) is 5.76 Å². The lowest BCUT2D eigenvalue weighted by molar-refractivity contribution is -0.525. The van der Waals surface area contributed by atoms with Gasteiger partial charge in [0, 0.05) is 19.8 Å². The number of Topliss-reactive ketones (excluding diaryl/α,β-unsaturated/α-hetero) is 1. The minimum absolute atomic E-state index is 0.0706. The van der Waals surface area contributed by atoms with Crippen LogP contribution < -0.4 is 0 Å². The number of ketones is 1. The van der Waals surface area contributed by atoms with E-state index in [4.69, 9.17) is 4.42 Å². The molecule has 7 heteroatoms. The highest BCUT2D eigenvalue weighted by molar-refractivity contribution is 5.88. The quantitative estimate of drug-likeness (QED) is 0.274. The SMILES string of the molecule is CC1(/[N+]([O-])=C/c2ccc([N+](=O)[O-])o2)CCCCC1=O. The highest BCUT2D eigenvalue weighted by Gasteiger charge is 2.43. The topological polar surface area (TPSA) is 99.4 Å². The molecule has 0 aromatic carbocycles. The highest BCUT2D eigenvalue weighted by atomic mass is 16.6. The van der Waals surface area contributed by atoms with Crippen LogP contribution in [0.15, 0.2) is 16.5 Å². The average molecular weight is 266 g/mol. The van der Waals surface area contributed by atoms with E-state index in [1.54, 1.807) is 6.92 Å². The summed E-state index contributed by atoms with van der Waals surface area (Å²) in [5.74, 6) is -0.466. The molecule has 2 rings (SSSR count). The number of rotatable bonds is 3. The zero-order chi connectivity index (χ0) is 14.0. The molecule has 1 aliphatic carbocycles. The van der Waals surface area contributed by atoms with Crippen molar-refractivity contribution in [1.29, 1.82) is 0 Å². The zero-order valence-electron chi connectivity index (χ0n) is 10.5. The molecule has 1 fully saturated rings. The molecule has 102 valence electrons. The molecular formula is C12H14N2O5. The molecular weight excluding hydrogens is 252 g/mol. The van der Waals surface area contributed by atoms with Gasteiger partial charge in [0.2, 0.25) is 17.5 Å². The Labute approximate surface area is 109 Å². The van der Waals surface area contributed by atoms with Gasteiger partial charge in [-0.3, -0.25) is 14.9 Å². The summed E-state index contributed by atoms with van der Waals surface area (Å²) in [6.07, 6.45) is 3.58. The van der Waals surface area contributed by atoms with E-state index in [9.17, 15) is 20.1 Å². The first-order chi connectivity index (χ1) is 8.93. The summed E-state index contributed by atoms with van der Waals surface area (Å²) in [6.45, 7) is 1.59. The Balaban J connectivity index is 2.26. The number of carbonyl (C=O) groups excluding carboxylic acids is 1. The van der Waals surface area contributed by atoms with Crippen LogP contribution in [0.5, 0.6) is 0 Å². The lowest BCUT2D eigenvalue weighted by Crippen LogP contribution is -2.46. The van der Waals surface area contributed by atoms with Crippen LogP contribution in [-0.2, 0) is 4.79 Å². The summed E-state index contributed by atoms with van der Waals surface area (Å²) in [5, 5.41) is 22.6. The van der Waals surface area contributed by atoms with Gasteiger partial charge in [-0.05, 0) is 18.9 Å². The first-order valence-corrected chi connectivity index (χ1v) is 6.02. The summed E-state index contributed by atoms with van der Waals surface area (Å²) in [6, 6.07) is 2.50. The van der Waals surface area contributed by atoms with E-state index in [2.05, 4.69) is 0 Å². The molecule has 7 nitrogen and oxygen atoms in total. The Morgan fingerprint density at radius 2 is 2.11 bits per heavy atom. The Bertz CT molecular complexity index is 548. The minimum Gasteiger partial charge on any atom is -0.623 e. The largest absolute Gasteiger partial charge is 0.623 e. The minimum atomic E-state index is -1.10. The molecule has 1 aromatic rings. The van der Waals surface area contributed by atoms with Crippen molar-refractivity contribution in [2.75, 3.05) is 0 Å². The number of furan rings is 1. The van der Waals surface area contributed by atoms with Gasteiger partial charge < -0.3 is 9.62 Å². The van der Waals surface area contributed by atoms with Gasteiger partial charge in [0.05, 0.1) is 6.07 Å². The van der Waals surface area contributed by atoms with Crippen LogP contribution in [0.25, 0.3) is 0 Å². The number of carbonyl (C=O) groups is 1. The molecule has 1 heterocycles. The molecule has 1 atom stereocenters. The monoisotopic (exact) mass is 266 g/mol. The van der Waals surface area contributed by atoms with Crippen LogP contribution in [-0.4, -0.2) is 27.2 Å². The molecule has 0 spiro atoms. The predicted molar refractivity (Wildman–Crippen MR) is 66.0 cm³/mol. The molecule has 1 unspecified atom stereocenters. The maximum atomic E-state index is 12.1. The van der Waals surface area contributed by atoms with Crippen molar-refractivity contribution in [2.24, 2.45) is 0 Å². The van der Waals surface area contributed by atoms with Crippen molar-refractivity contribution in [2.45, 2.75) is 38.1 Å². The van der Waals surface area contributed by atoms with Crippen LogP contribution in [0.3, 0.4) is 0 Å². The fraction of sp³-hybridized carbons (Fsp3) is 0.500. The Morgan fingerprint density at radius 3 is 2.68 bits per heavy atom. The third-order valence-electron chi connectivity index (χ3n) is 3.44. The third-order valence-corrected chi connectivity index (χ3v) is 3.44. The smallest absolute Gasteiger partial charge is 0.433 e. The van der Waals surface area contributed by atoms with E-state index < -0.39 is 16.3 Å². The van der Waals surface area contributed by atoms with Gasteiger partial charge in [-0.1, -0.05) is 0 Å². The van der Waals surface area contributed by atoms with Gasteiger partial charge >= 0.3 is 5.88 Å². The summed E-state index contributed by atoms with van der Waals surface area (Å²) < 4.78 is 5.43. The molecule has 0 aliphatic heterocycles. The third kappa shape index (κ3) is 2.49. The van der Waals surface area contributed by atoms with Crippen molar-refractivity contribution < 1.29 is 18.9 Å². The maximum Gasteiger partial charge on any atom is 0.433 e. The zero-order valence-corrected chi connectivity index (χ0v) is 10.5. The second-order valence-electron chi connectivity index (χ2n) is 4.79. The van der Waals surface area contributed by atoms with Gasteiger partial charge in [0.25, 0.3) is 0 Å². The maximum absolute atomic E-state index is 12.1. The van der Waals surface area contributed by atoms with Crippen molar-refractivity contribution in [1.82, 2.24) is 0 Å². The van der Waals surface area contributed by atoms with E-state index >= 15 is 0 Å². The number of hydrogen-bond acceptors (Lipinski definition) is 5. The Morgan fingerprint density at radius 1 is 1.37 bits per heavy atom. The molecule has 0 bridgehead atoms. The second-order valence-corrected chi connectivity index (χ2v) is 4.79. The van der Waals surface area contributed by atoms with Crippen LogP contribution in [0.4, 0.5) is 5.88 Å². The van der Waals surface area contributed by atoms with Gasteiger partial charge in [0.1, 0.15) is 4.92 Å². The molecule has 0 N–H and O–H groups in total. The number of hydroxylamine groups is 1. The molecule has 0 saturated heterocycles. The molecule has 0 amide bonds. The van der Waals surface area contributed by atoms with E-state index in [0.29, 0.717) is 17.6 Å². The average Bonchev–Trinajstić information content (AvgIpc) is 2.81. The van der Waals surface area contributed by atoms with Gasteiger partial charge in [-0.15, -0.1) is 0 Å². The first kappa shape index (κ1) is 13.3. The number of nitrogens with zero attached hydrogens (tertiary/aromatic N) is 2. The summed E-state index contributed by atoms with van der Waals surface area (Å²) in [7, 11) is 0. The van der Waals surface area contributed by atoms with E-state index in [-0.39, 0.29) is 11.5 Å². The van der Waals surface area contributed by atoms with Crippen LogP contribution in [0.2, 0.25) is 0 Å². The second kappa shape index (κ2) is 4.83. The van der Waals surface area contributed by atoms with Crippen LogP contribution in [0, 0.1) is 15.3 Å². The summed E-state index contributed by atoms with van der Waals surface area (Å²) in [5.41, 5.74) is -1.10. The molecule has 1 aromatic heterocycles. The van der Waals surface area contributed by atoms with Gasteiger partial charge in [-0.2, -0.15) is 4.74 Å². The van der Waals surface area contributed by atoms with Crippen LogP contribution >= 0.6 is 0 Å². The molecule has 1 saturated carbocycles. The normalized spacial score (nSPS) is 24.5. The van der Waals surface area contributed by atoms with Crippen molar-refractivity contribution in [3.05, 3.63) is 33.2 Å². The Hall–Kier alpha value is -2.18. The highest BCUT2D eigenvalue weighted by Crippen LogP contribution is 2.27. The standard InChI is InChI=1S/C12H14N2O5/c1-12(7-3-2-4-10(12)15)13(16)8-9-5-6-11(19-9)14(17)18/h5-6,8H,2-4,7H2,1H3/b13-8-. The Kier molecular flexibility index (Phi) is 3.37. The van der Waals surface area contributed by atoms with Crippen molar-refractivity contribution >= 4 is 17.9 Å². The predicted octanol–water partition coefficient (Wildman–Crippen LogP) is 2.02. The van der Waals surface area contributed by atoms with Crippen LogP contribution in [0.1, 0.15) is 38.4 Å². The van der Waals surface area contributed by atoms with E-state index in [1.807, 2.05) is 0 Å². The first-order valence-electron chi connectivity index (χ1n) is 6.02. The van der Waals surface area contributed by atoms with Crippen molar-refractivity contribution in [3.63, 3.8) is 0 Å². The van der Waals surface area contributed by atoms with Gasteiger partial charge in [-0.25, -0.2) is 0 Å².